The fraction of sp³-hybridized carbons (Fsp3) is 0.538. The lowest BCUT2D eigenvalue weighted by Gasteiger charge is -2.36. The molecule has 1 unspecified atom stereocenters. The molecule has 0 aliphatic carbocycles. The van der Waals surface area contributed by atoms with Crippen molar-refractivity contribution in [2.45, 2.75) is 18.9 Å². The summed E-state index contributed by atoms with van der Waals surface area (Å²) in [5.74, 6) is -0.115. The van der Waals surface area contributed by atoms with E-state index in [2.05, 4.69) is 10.2 Å². The summed E-state index contributed by atoms with van der Waals surface area (Å²) in [6, 6.07) is 5.53. The summed E-state index contributed by atoms with van der Waals surface area (Å²) < 4.78 is 13.3. The first-order valence-corrected chi connectivity index (χ1v) is 6.07. The van der Waals surface area contributed by atoms with E-state index < -0.39 is 0 Å². The molecule has 0 aromatic heterocycles. The van der Waals surface area contributed by atoms with E-state index >= 15 is 0 Å². The molecule has 0 amide bonds. The molecule has 3 rings (SSSR count). The third-order valence-corrected chi connectivity index (χ3v) is 3.66. The van der Waals surface area contributed by atoms with Crippen LogP contribution in [0.2, 0.25) is 0 Å². The highest BCUT2D eigenvalue weighted by Gasteiger charge is 2.24. The molecule has 1 aromatic rings. The normalized spacial score (nSPS) is 24.9. The van der Waals surface area contributed by atoms with Gasteiger partial charge in [-0.1, -0.05) is 6.07 Å². The third-order valence-electron chi connectivity index (χ3n) is 3.66. The van der Waals surface area contributed by atoms with E-state index in [9.17, 15) is 4.39 Å². The van der Waals surface area contributed by atoms with Crippen molar-refractivity contribution in [3.63, 3.8) is 0 Å². The van der Waals surface area contributed by atoms with Crippen LogP contribution in [0.25, 0.3) is 0 Å². The van der Waals surface area contributed by atoms with Gasteiger partial charge in [0.1, 0.15) is 5.82 Å². The lowest BCUT2D eigenvalue weighted by Crippen LogP contribution is -2.44. The highest BCUT2D eigenvalue weighted by atomic mass is 19.1. The van der Waals surface area contributed by atoms with Gasteiger partial charge in [0.15, 0.2) is 0 Å². The minimum atomic E-state index is -0.115. The van der Waals surface area contributed by atoms with Crippen molar-refractivity contribution < 1.29 is 4.39 Å². The molecule has 1 N–H and O–H groups in total. The molecule has 86 valence electrons. The molecule has 16 heavy (non-hydrogen) atoms. The molecule has 0 spiro atoms. The third kappa shape index (κ3) is 1.85. The molecule has 1 aromatic carbocycles. The van der Waals surface area contributed by atoms with E-state index in [0.717, 1.165) is 25.1 Å². The second-order valence-electron chi connectivity index (χ2n) is 4.75. The van der Waals surface area contributed by atoms with Crippen LogP contribution in [0, 0.1) is 5.82 Å². The molecule has 1 fully saturated rings. The molecule has 0 bridgehead atoms. The van der Waals surface area contributed by atoms with Gasteiger partial charge in [0.2, 0.25) is 0 Å². The van der Waals surface area contributed by atoms with E-state index in [-0.39, 0.29) is 5.82 Å². The summed E-state index contributed by atoms with van der Waals surface area (Å²) in [6.07, 6.45) is 2.33. The molecule has 2 heterocycles. The monoisotopic (exact) mass is 220 g/mol. The minimum Gasteiger partial charge on any atom is -0.309 e. The molecule has 3 heteroatoms. The van der Waals surface area contributed by atoms with Crippen LogP contribution in [0.15, 0.2) is 18.2 Å². The Morgan fingerprint density at radius 1 is 1.38 bits per heavy atom. The number of halogens is 1. The maximum Gasteiger partial charge on any atom is 0.123 e. The lowest BCUT2D eigenvalue weighted by atomic mass is 9.93. The second kappa shape index (κ2) is 4.15. The Morgan fingerprint density at radius 2 is 2.25 bits per heavy atom. The van der Waals surface area contributed by atoms with Gasteiger partial charge in [0, 0.05) is 12.6 Å². The predicted molar refractivity (Wildman–Crippen MR) is 61.9 cm³/mol. The number of hydrogen-bond donors (Lipinski definition) is 1. The van der Waals surface area contributed by atoms with Crippen molar-refractivity contribution in [2.75, 3.05) is 26.2 Å². The Morgan fingerprint density at radius 3 is 3.00 bits per heavy atom. The summed E-state index contributed by atoms with van der Waals surface area (Å²) in [5.41, 5.74) is 2.48. The van der Waals surface area contributed by atoms with Gasteiger partial charge < -0.3 is 10.2 Å². The average molecular weight is 220 g/mol. The smallest absolute Gasteiger partial charge is 0.123 e. The van der Waals surface area contributed by atoms with Crippen LogP contribution in [-0.2, 0) is 6.42 Å². The predicted octanol–water partition coefficient (Wildman–Crippen LogP) is 1.72. The van der Waals surface area contributed by atoms with E-state index in [1.54, 1.807) is 12.1 Å². The number of nitrogens with one attached hydrogen (secondary N) is 1. The van der Waals surface area contributed by atoms with Crippen molar-refractivity contribution in [3.05, 3.63) is 35.1 Å². The fourth-order valence-electron chi connectivity index (χ4n) is 2.59. The molecular formula is C13H17FN2. The first-order chi connectivity index (χ1) is 7.83. The quantitative estimate of drug-likeness (QED) is 0.816. The Balaban J connectivity index is 1.83. The van der Waals surface area contributed by atoms with Gasteiger partial charge in [-0.25, -0.2) is 4.39 Å². The summed E-state index contributed by atoms with van der Waals surface area (Å²) in [7, 11) is 0. The molecule has 2 aliphatic heterocycles. The molecule has 1 atom stereocenters. The maximum atomic E-state index is 13.3. The largest absolute Gasteiger partial charge is 0.309 e. The number of fused-ring (bicyclic) bond motifs is 1. The van der Waals surface area contributed by atoms with E-state index in [4.69, 9.17) is 0 Å². The number of likely N-dealkylation sites (tertiary alicyclic amines) is 1. The molecular weight excluding hydrogens is 203 g/mol. The van der Waals surface area contributed by atoms with Crippen LogP contribution in [-0.4, -0.2) is 31.1 Å². The lowest BCUT2D eigenvalue weighted by molar-refractivity contribution is 0.159. The zero-order valence-electron chi connectivity index (χ0n) is 9.38. The topological polar surface area (TPSA) is 15.3 Å². The zero-order valence-corrected chi connectivity index (χ0v) is 9.38. The number of hydrogen-bond acceptors (Lipinski definition) is 2. The van der Waals surface area contributed by atoms with E-state index in [0.29, 0.717) is 6.04 Å². The maximum absolute atomic E-state index is 13.3. The molecule has 1 saturated heterocycles. The van der Waals surface area contributed by atoms with Crippen LogP contribution >= 0.6 is 0 Å². The van der Waals surface area contributed by atoms with E-state index in [1.165, 1.54) is 25.1 Å². The highest BCUT2D eigenvalue weighted by Crippen LogP contribution is 2.25. The Kier molecular flexibility index (Phi) is 2.65. The minimum absolute atomic E-state index is 0.115. The SMILES string of the molecule is Fc1ccc2c(c1)C(CN1CCC1)NCC2. The number of rotatable bonds is 2. The van der Waals surface area contributed by atoms with Crippen LogP contribution in [0.3, 0.4) is 0 Å². The van der Waals surface area contributed by atoms with E-state index in [1.807, 2.05) is 6.07 Å². The number of nitrogens with zero attached hydrogens (tertiary/aromatic N) is 1. The Bertz CT molecular complexity index is 388. The second-order valence-corrected chi connectivity index (χ2v) is 4.75. The first kappa shape index (κ1) is 10.2. The van der Waals surface area contributed by atoms with Gasteiger partial charge in [-0.2, -0.15) is 0 Å². The van der Waals surface area contributed by atoms with Gasteiger partial charge in [-0.15, -0.1) is 0 Å². The van der Waals surface area contributed by atoms with Gasteiger partial charge in [0.05, 0.1) is 0 Å². The van der Waals surface area contributed by atoms with Crippen molar-refractivity contribution >= 4 is 0 Å². The molecule has 2 aliphatic rings. The average Bonchev–Trinajstić information content (AvgIpc) is 2.23. The molecule has 0 saturated carbocycles. The van der Waals surface area contributed by atoms with Crippen molar-refractivity contribution in [3.8, 4) is 0 Å². The summed E-state index contributed by atoms with van der Waals surface area (Å²) >= 11 is 0. The van der Waals surface area contributed by atoms with Crippen LogP contribution in [0.1, 0.15) is 23.6 Å². The van der Waals surface area contributed by atoms with Crippen LogP contribution < -0.4 is 5.32 Å². The Hall–Kier alpha value is -0.930. The summed E-state index contributed by atoms with van der Waals surface area (Å²) in [4.78, 5) is 2.43. The van der Waals surface area contributed by atoms with Crippen LogP contribution in [0.4, 0.5) is 4.39 Å². The fourth-order valence-corrected chi connectivity index (χ4v) is 2.59. The van der Waals surface area contributed by atoms with Gasteiger partial charge in [-0.3, -0.25) is 0 Å². The summed E-state index contributed by atoms with van der Waals surface area (Å²) in [5, 5.41) is 3.49. The van der Waals surface area contributed by atoms with Gasteiger partial charge in [0.25, 0.3) is 0 Å². The summed E-state index contributed by atoms with van der Waals surface area (Å²) in [6.45, 7) is 4.43. The zero-order chi connectivity index (χ0) is 11.0. The standard InChI is InChI=1S/C13H17FN2/c14-11-3-2-10-4-5-15-13(12(10)8-11)9-16-6-1-7-16/h2-3,8,13,15H,1,4-7,9H2. The first-order valence-electron chi connectivity index (χ1n) is 6.07. The number of benzene rings is 1. The molecule has 0 radical (unpaired) electrons. The highest BCUT2D eigenvalue weighted by molar-refractivity contribution is 5.33. The van der Waals surface area contributed by atoms with Crippen molar-refractivity contribution in [1.82, 2.24) is 10.2 Å². The van der Waals surface area contributed by atoms with Crippen molar-refractivity contribution in [2.24, 2.45) is 0 Å². The van der Waals surface area contributed by atoms with Crippen molar-refractivity contribution in [1.29, 1.82) is 0 Å². The molecule has 2 nitrogen and oxygen atoms in total. The van der Waals surface area contributed by atoms with Gasteiger partial charge in [-0.05, 0) is 55.7 Å². The Labute approximate surface area is 95.4 Å². The van der Waals surface area contributed by atoms with Gasteiger partial charge >= 0.3 is 0 Å². The van der Waals surface area contributed by atoms with Crippen LogP contribution in [0.5, 0.6) is 0 Å².